The third-order valence-electron chi connectivity index (χ3n) is 4.15. The van der Waals surface area contributed by atoms with Crippen molar-refractivity contribution in [3.63, 3.8) is 0 Å². The van der Waals surface area contributed by atoms with Crippen LogP contribution in [0, 0.1) is 14.9 Å². The topological polar surface area (TPSA) is 75.0 Å². The van der Waals surface area contributed by atoms with Crippen molar-refractivity contribution < 1.29 is 9.53 Å². The van der Waals surface area contributed by atoms with Crippen LogP contribution in [0.15, 0.2) is 24.4 Å². The number of fused-ring (bicyclic) bond motifs is 1. The van der Waals surface area contributed by atoms with E-state index in [2.05, 4.69) is 39.0 Å². The van der Waals surface area contributed by atoms with Crippen LogP contribution in [-0.4, -0.2) is 23.0 Å². The normalized spacial score (nSPS) is 15.9. The van der Waals surface area contributed by atoms with Crippen LogP contribution < -0.4 is 10.1 Å². The lowest BCUT2D eigenvalue weighted by atomic mass is 10.00. The van der Waals surface area contributed by atoms with Crippen LogP contribution >= 0.6 is 34.2 Å². The molecule has 1 aromatic carbocycles. The summed E-state index contributed by atoms with van der Waals surface area (Å²) in [5, 5.41) is 13.5. The van der Waals surface area contributed by atoms with E-state index in [0.29, 0.717) is 29.1 Å². The molecule has 1 amide bonds. The Kier molecular flexibility index (Phi) is 5.11. The van der Waals surface area contributed by atoms with Crippen molar-refractivity contribution in [3.8, 4) is 11.8 Å². The number of hydrogen-bond acceptors (Lipinski definition) is 4. The number of hydrogen-bond donors (Lipinski definition) is 1. The highest BCUT2D eigenvalue weighted by atomic mass is 127. The van der Waals surface area contributed by atoms with Gasteiger partial charge < -0.3 is 10.1 Å². The monoisotopic (exact) mass is 455 g/mol. The molecule has 0 saturated heterocycles. The quantitative estimate of drug-likeness (QED) is 0.711. The summed E-state index contributed by atoms with van der Waals surface area (Å²) in [6, 6.07) is 7.68. The second-order valence-corrected chi connectivity index (χ2v) is 7.38. The van der Waals surface area contributed by atoms with Crippen LogP contribution in [-0.2, 0) is 4.79 Å². The van der Waals surface area contributed by atoms with E-state index in [1.54, 1.807) is 18.3 Å². The Morgan fingerprint density at radius 3 is 2.96 bits per heavy atom. The molecule has 1 aliphatic rings. The maximum atomic E-state index is 12.2. The lowest BCUT2D eigenvalue weighted by Crippen LogP contribution is -2.47. The zero-order valence-electron chi connectivity index (χ0n) is 12.8. The average Bonchev–Trinajstić information content (AvgIpc) is 3.03. The number of benzene rings is 1. The predicted octanol–water partition coefficient (Wildman–Crippen LogP) is 3.82. The molecule has 2 aromatic rings. The van der Waals surface area contributed by atoms with E-state index in [9.17, 15) is 10.1 Å². The molecule has 3 rings (SSSR count). The Hall–Kier alpha value is -1.59. The van der Waals surface area contributed by atoms with E-state index in [1.807, 2.05) is 6.07 Å². The summed E-state index contributed by atoms with van der Waals surface area (Å²) in [5.74, 6) is 0.233. The molecule has 124 valence electrons. The second-order valence-electron chi connectivity index (χ2n) is 5.81. The van der Waals surface area contributed by atoms with Gasteiger partial charge in [-0.15, -0.1) is 0 Å². The number of nitrogens with zero attached hydrogens (tertiary/aromatic N) is 2. The zero-order valence-corrected chi connectivity index (χ0v) is 15.7. The van der Waals surface area contributed by atoms with E-state index in [1.165, 1.54) is 0 Å². The number of halogens is 2. The van der Waals surface area contributed by atoms with Gasteiger partial charge in [0.05, 0.1) is 14.7 Å². The minimum atomic E-state index is -0.742. The molecule has 1 aromatic heterocycles. The summed E-state index contributed by atoms with van der Waals surface area (Å²) < 4.78 is 6.50. The van der Waals surface area contributed by atoms with Crippen LogP contribution in [0.4, 0.5) is 0 Å². The molecule has 0 radical (unpaired) electrons. The molecule has 1 aliphatic carbocycles. The third kappa shape index (κ3) is 3.42. The van der Waals surface area contributed by atoms with Gasteiger partial charge in [0.1, 0.15) is 11.1 Å². The molecule has 7 heteroatoms. The van der Waals surface area contributed by atoms with Crippen molar-refractivity contribution in [1.82, 2.24) is 10.3 Å². The van der Waals surface area contributed by atoms with Crippen LogP contribution in [0.5, 0.6) is 5.75 Å². The highest BCUT2D eigenvalue weighted by Crippen LogP contribution is 2.34. The number of carbonyl (C=O) groups is 1. The van der Waals surface area contributed by atoms with E-state index in [0.717, 1.165) is 21.8 Å². The van der Waals surface area contributed by atoms with Gasteiger partial charge in [-0.25, -0.2) is 0 Å². The molecular weight excluding hydrogens is 441 g/mol. The van der Waals surface area contributed by atoms with Crippen LogP contribution in [0.2, 0.25) is 5.02 Å². The average molecular weight is 456 g/mol. The number of rotatable bonds is 4. The number of ether oxygens (including phenoxy) is 1. The third-order valence-corrected chi connectivity index (χ3v) is 5.26. The number of amides is 1. The van der Waals surface area contributed by atoms with Crippen LogP contribution in [0.1, 0.15) is 25.7 Å². The van der Waals surface area contributed by atoms with Gasteiger partial charge in [-0.05, 0) is 66.5 Å². The largest absolute Gasteiger partial charge is 0.480 e. The van der Waals surface area contributed by atoms with Gasteiger partial charge in [-0.2, -0.15) is 5.26 Å². The Balaban J connectivity index is 1.76. The fourth-order valence-electron chi connectivity index (χ4n) is 2.97. The van der Waals surface area contributed by atoms with Gasteiger partial charge in [0.25, 0.3) is 5.91 Å². The van der Waals surface area contributed by atoms with Gasteiger partial charge in [-0.3, -0.25) is 9.78 Å². The number of carbonyl (C=O) groups excluding carboxylic acids is 1. The van der Waals surface area contributed by atoms with Crippen molar-refractivity contribution in [2.75, 3.05) is 6.61 Å². The molecule has 0 spiro atoms. The van der Waals surface area contributed by atoms with Crippen molar-refractivity contribution in [2.24, 2.45) is 0 Å². The summed E-state index contributed by atoms with van der Waals surface area (Å²) in [6.45, 7) is -0.160. The van der Waals surface area contributed by atoms with E-state index in [4.69, 9.17) is 16.3 Å². The van der Waals surface area contributed by atoms with E-state index in [-0.39, 0.29) is 12.5 Å². The lowest BCUT2D eigenvalue weighted by molar-refractivity contribution is -0.124. The fraction of sp³-hybridized carbons (Fsp3) is 0.353. The number of pyridine rings is 1. The zero-order chi connectivity index (χ0) is 17.2. The smallest absolute Gasteiger partial charge is 0.259 e. The van der Waals surface area contributed by atoms with Gasteiger partial charge in [0.15, 0.2) is 12.4 Å². The SMILES string of the molecule is N#CC1(NC(=O)COc2c(I)cc(Cl)c3cccnc23)CCCC1. The molecule has 0 bridgehead atoms. The first-order valence-electron chi connectivity index (χ1n) is 7.62. The number of nitriles is 1. The van der Waals surface area contributed by atoms with Crippen molar-refractivity contribution in [2.45, 2.75) is 31.2 Å². The Morgan fingerprint density at radius 2 is 2.25 bits per heavy atom. The van der Waals surface area contributed by atoms with Gasteiger partial charge in [0, 0.05) is 11.6 Å². The van der Waals surface area contributed by atoms with Crippen molar-refractivity contribution >= 4 is 51.0 Å². The number of aromatic nitrogens is 1. The number of nitrogens with one attached hydrogen (secondary N) is 1. The minimum Gasteiger partial charge on any atom is -0.480 e. The van der Waals surface area contributed by atoms with Crippen LogP contribution in [0.3, 0.4) is 0 Å². The summed E-state index contributed by atoms with van der Waals surface area (Å²) in [6.07, 6.45) is 4.96. The summed E-state index contributed by atoms with van der Waals surface area (Å²) in [4.78, 5) is 16.5. The lowest BCUT2D eigenvalue weighted by Gasteiger charge is -2.22. The Morgan fingerprint density at radius 1 is 1.50 bits per heavy atom. The molecular formula is C17H15ClIN3O2. The summed E-state index contributed by atoms with van der Waals surface area (Å²) in [7, 11) is 0. The summed E-state index contributed by atoms with van der Waals surface area (Å²) in [5.41, 5.74) is -0.119. The van der Waals surface area contributed by atoms with E-state index < -0.39 is 5.54 Å². The first-order chi connectivity index (χ1) is 11.5. The standard InChI is InChI=1S/C17H15ClIN3O2/c18-12-8-13(19)16(15-11(12)4-3-7-21-15)24-9-14(23)22-17(10-20)5-1-2-6-17/h3-4,7-8H,1-2,5-6,9H2,(H,22,23). The van der Waals surface area contributed by atoms with Crippen molar-refractivity contribution in [3.05, 3.63) is 33.0 Å². The first-order valence-corrected chi connectivity index (χ1v) is 9.08. The van der Waals surface area contributed by atoms with Crippen molar-refractivity contribution in [1.29, 1.82) is 5.26 Å². The Labute approximate surface area is 158 Å². The molecule has 0 unspecified atom stereocenters. The molecule has 1 saturated carbocycles. The molecule has 1 fully saturated rings. The fourth-order valence-corrected chi connectivity index (χ4v) is 4.14. The molecule has 0 aliphatic heterocycles. The highest BCUT2D eigenvalue weighted by molar-refractivity contribution is 14.1. The van der Waals surface area contributed by atoms with Crippen LogP contribution in [0.25, 0.3) is 10.9 Å². The second kappa shape index (κ2) is 7.11. The molecule has 24 heavy (non-hydrogen) atoms. The molecule has 5 nitrogen and oxygen atoms in total. The summed E-state index contributed by atoms with van der Waals surface area (Å²) >= 11 is 8.34. The molecule has 1 N–H and O–H groups in total. The van der Waals surface area contributed by atoms with Gasteiger partial charge >= 0.3 is 0 Å². The van der Waals surface area contributed by atoms with Gasteiger partial charge in [0.2, 0.25) is 0 Å². The predicted molar refractivity (Wildman–Crippen MR) is 99.9 cm³/mol. The maximum Gasteiger partial charge on any atom is 0.259 e. The maximum absolute atomic E-state index is 12.2. The molecule has 0 atom stereocenters. The Bertz CT molecular complexity index is 828. The molecule has 1 heterocycles. The first kappa shape index (κ1) is 17.2. The minimum absolute atomic E-state index is 0.160. The van der Waals surface area contributed by atoms with E-state index >= 15 is 0 Å². The van der Waals surface area contributed by atoms with Gasteiger partial charge in [-0.1, -0.05) is 11.6 Å². The highest BCUT2D eigenvalue weighted by Gasteiger charge is 2.35.